The molecule has 6 heteroatoms. The van der Waals surface area contributed by atoms with Crippen molar-refractivity contribution in [1.29, 1.82) is 0 Å². The van der Waals surface area contributed by atoms with Gasteiger partial charge in [0.15, 0.2) is 0 Å². The zero-order valence-corrected chi connectivity index (χ0v) is 12.4. The van der Waals surface area contributed by atoms with Crippen molar-refractivity contribution in [1.82, 2.24) is 10.6 Å². The van der Waals surface area contributed by atoms with Gasteiger partial charge in [0.05, 0.1) is 26.2 Å². The number of rotatable bonds is 6. The van der Waals surface area contributed by atoms with Crippen molar-refractivity contribution in [3.05, 3.63) is 23.8 Å². The van der Waals surface area contributed by atoms with Gasteiger partial charge >= 0.3 is 0 Å². The van der Waals surface area contributed by atoms with E-state index in [9.17, 15) is 9.90 Å². The molecule has 6 nitrogen and oxygen atoms in total. The van der Waals surface area contributed by atoms with Crippen LogP contribution < -0.4 is 20.1 Å². The van der Waals surface area contributed by atoms with Gasteiger partial charge < -0.3 is 25.2 Å². The number of carbonyl (C=O) groups excluding carboxylic acids is 1. The van der Waals surface area contributed by atoms with E-state index in [1.807, 2.05) is 0 Å². The fourth-order valence-corrected chi connectivity index (χ4v) is 2.36. The maximum Gasteiger partial charge on any atom is 0.224 e. The van der Waals surface area contributed by atoms with Crippen LogP contribution in [-0.2, 0) is 4.79 Å². The standard InChI is InChI=1S/C15H22N2O4/c1-20-12-5-11(6-13(7-12)21-2)14(18)9-17-15(19)10-3-4-16-8-10/h5-7,10,14,16,18H,3-4,8-9H2,1-2H3,(H,17,19). The number of hydrogen-bond donors (Lipinski definition) is 3. The molecule has 2 atom stereocenters. The van der Waals surface area contributed by atoms with Gasteiger partial charge in [-0.2, -0.15) is 0 Å². The van der Waals surface area contributed by atoms with E-state index in [1.165, 1.54) is 0 Å². The Balaban J connectivity index is 1.95. The quantitative estimate of drug-likeness (QED) is 0.710. The molecule has 0 radical (unpaired) electrons. The molecule has 1 heterocycles. The summed E-state index contributed by atoms with van der Waals surface area (Å²) in [7, 11) is 3.11. The summed E-state index contributed by atoms with van der Waals surface area (Å²) in [6.07, 6.45) is 0.0434. The number of aliphatic hydroxyl groups is 1. The largest absolute Gasteiger partial charge is 0.497 e. The van der Waals surface area contributed by atoms with Crippen molar-refractivity contribution in [3.63, 3.8) is 0 Å². The van der Waals surface area contributed by atoms with Crippen LogP contribution in [0.3, 0.4) is 0 Å². The zero-order chi connectivity index (χ0) is 15.2. The maximum atomic E-state index is 11.9. The van der Waals surface area contributed by atoms with Crippen LogP contribution in [0.25, 0.3) is 0 Å². The lowest BCUT2D eigenvalue weighted by molar-refractivity contribution is -0.124. The maximum absolute atomic E-state index is 11.9. The van der Waals surface area contributed by atoms with Gasteiger partial charge in [0.25, 0.3) is 0 Å². The van der Waals surface area contributed by atoms with Gasteiger partial charge in [-0.25, -0.2) is 0 Å². The summed E-state index contributed by atoms with van der Waals surface area (Å²) in [5, 5.41) is 16.1. The van der Waals surface area contributed by atoms with Crippen LogP contribution in [-0.4, -0.2) is 44.9 Å². The van der Waals surface area contributed by atoms with Crippen LogP contribution in [0, 0.1) is 5.92 Å². The van der Waals surface area contributed by atoms with Crippen LogP contribution in [0.1, 0.15) is 18.1 Å². The van der Waals surface area contributed by atoms with E-state index < -0.39 is 6.10 Å². The summed E-state index contributed by atoms with van der Waals surface area (Å²) in [5.41, 5.74) is 0.649. The summed E-state index contributed by atoms with van der Waals surface area (Å²) in [6.45, 7) is 1.74. The highest BCUT2D eigenvalue weighted by Gasteiger charge is 2.23. The molecule has 3 N–H and O–H groups in total. The average Bonchev–Trinajstić information content (AvgIpc) is 3.06. The summed E-state index contributed by atoms with van der Waals surface area (Å²) >= 11 is 0. The molecule has 1 aliphatic heterocycles. The number of benzene rings is 1. The highest BCUT2D eigenvalue weighted by Crippen LogP contribution is 2.26. The van der Waals surface area contributed by atoms with Crippen LogP contribution in [0.5, 0.6) is 11.5 Å². The molecular weight excluding hydrogens is 272 g/mol. The number of ether oxygens (including phenoxy) is 2. The predicted molar refractivity (Wildman–Crippen MR) is 78.5 cm³/mol. The third-order valence-corrected chi connectivity index (χ3v) is 3.66. The minimum Gasteiger partial charge on any atom is -0.497 e. The van der Waals surface area contributed by atoms with Crippen molar-refractivity contribution < 1.29 is 19.4 Å². The summed E-state index contributed by atoms with van der Waals surface area (Å²) in [5.74, 6) is 1.19. The molecule has 0 saturated carbocycles. The van der Waals surface area contributed by atoms with Gasteiger partial charge in [-0.3, -0.25) is 4.79 Å². The average molecular weight is 294 g/mol. The van der Waals surface area contributed by atoms with Gasteiger partial charge in [-0.1, -0.05) is 0 Å². The Hall–Kier alpha value is -1.79. The molecule has 1 aromatic rings. The van der Waals surface area contributed by atoms with Gasteiger partial charge in [-0.15, -0.1) is 0 Å². The number of amides is 1. The van der Waals surface area contributed by atoms with Gasteiger partial charge in [0.2, 0.25) is 5.91 Å². The van der Waals surface area contributed by atoms with Crippen molar-refractivity contribution in [2.45, 2.75) is 12.5 Å². The Bertz CT molecular complexity index is 464. The molecule has 0 bridgehead atoms. The molecule has 0 aliphatic carbocycles. The van der Waals surface area contributed by atoms with Crippen LogP contribution in [0.4, 0.5) is 0 Å². The van der Waals surface area contributed by atoms with Crippen molar-refractivity contribution >= 4 is 5.91 Å². The number of carbonyl (C=O) groups is 1. The van der Waals surface area contributed by atoms with E-state index in [1.54, 1.807) is 32.4 Å². The molecule has 116 valence electrons. The first-order valence-electron chi connectivity index (χ1n) is 7.03. The van der Waals surface area contributed by atoms with E-state index in [0.29, 0.717) is 23.6 Å². The summed E-state index contributed by atoms with van der Waals surface area (Å²) in [6, 6.07) is 5.20. The van der Waals surface area contributed by atoms with Crippen LogP contribution in [0.15, 0.2) is 18.2 Å². The number of nitrogens with one attached hydrogen (secondary N) is 2. The Morgan fingerprint density at radius 2 is 2.05 bits per heavy atom. The molecule has 1 aromatic carbocycles. The fraction of sp³-hybridized carbons (Fsp3) is 0.533. The van der Waals surface area contributed by atoms with E-state index in [4.69, 9.17) is 9.47 Å². The predicted octanol–water partition coefficient (Wildman–Crippen LogP) is 0.463. The molecule has 0 spiro atoms. The Morgan fingerprint density at radius 1 is 1.38 bits per heavy atom. The van der Waals surface area contributed by atoms with Crippen molar-refractivity contribution in [2.75, 3.05) is 33.9 Å². The lowest BCUT2D eigenvalue weighted by Gasteiger charge is -2.16. The summed E-state index contributed by atoms with van der Waals surface area (Å²) < 4.78 is 10.3. The Labute approximate surface area is 124 Å². The molecule has 1 fully saturated rings. The minimum atomic E-state index is -0.799. The third-order valence-electron chi connectivity index (χ3n) is 3.66. The van der Waals surface area contributed by atoms with Crippen molar-refractivity contribution in [2.24, 2.45) is 5.92 Å². The molecule has 1 amide bonds. The monoisotopic (exact) mass is 294 g/mol. The first-order valence-corrected chi connectivity index (χ1v) is 7.03. The number of aliphatic hydroxyl groups excluding tert-OH is 1. The topological polar surface area (TPSA) is 79.8 Å². The van der Waals surface area contributed by atoms with E-state index in [0.717, 1.165) is 13.0 Å². The lowest BCUT2D eigenvalue weighted by atomic mass is 10.1. The second-order valence-corrected chi connectivity index (χ2v) is 5.10. The lowest BCUT2D eigenvalue weighted by Crippen LogP contribution is -2.34. The second kappa shape index (κ2) is 7.28. The Kier molecular flexibility index (Phi) is 5.41. The minimum absolute atomic E-state index is 0.00274. The van der Waals surface area contributed by atoms with Gasteiger partial charge in [0.1, 0.15) is 11.5 Å². The molecule has 1 saturated heterocycles. The highest BCUT2D eigenvalue weighted by molar-refractivity contribution is 5.79. The third kappa shape index (κ3) is 4.09. The molecule has 21 heavy (non-hydrogen) atoms. The SMILES string of the molecule is COc1cc(OC)cc(C(O)CNC(=O)C2CCNC2)c1. The van der Waals surface area contributed by atoms with Crippen LogP contribution in [0.2, 0.25) is 0 Å². The normalized spacial score (nSPS) is 19.1. The number of methoxy groups -OCH3 is 2. The van der Waals surface area contributed by atoms with Gasteiger partial charge in [0, 0.05) is 19.2 Å². The Morgan fingerprint density at radius 3 is 2.57 bits per heavy atom. The van der Waals surface area contributed by atoms with E-state index >= 15 is 0 Å². The first-order chi connectivity index (χ1) is 10.1. The molecular formula is C15H22N2O4. The number of hydrogen-bond acceptors (Lipinski definition) is 5. The molecule has 0 aromatic heterocycles. The van der Waals surface area contributed by atoms with E-state index in [2.05, 4.69) is 10.6 Å². The highest BCUT2D eigenvalue weighted by atomic mass is 16.5. The van der Waals surface area contributed by atoms with Crippen molar-refractivity contribution in [3.8, 4) is 11.5 Å². The fourth-order valence-electron chi connectivity index (χ4n) is 2.36. The summed E-state index contributed by atoms with van der Waals surface area (Å²) in [4.78, 5) is 11.9. The molecule has 1 aliphatic rings. The van der Waals surface area contributed by atoms with Crippen LogP contribution >= 0.6 is 0 Å². The first kappa shape index (κ1) is 15.6. The molecule has 2 unspecified atom stereocenters. The second-order valence-electron chi connectivity index (χ2n) is 5.10. The zero-order valence-electron chi connectivity index (χ0n) is 12.4. The molecule has 2 rings (SSSR count). The smallest absolute Gasteiger partial charge is 0.224 e. The van der Waals surface area contributed by atoms with Gasteiger partial charge in [-0.05, 0) is 30.7 Å². The van der Waals surface area contributed by atoms with E-state index in [-0.39, 0.29) is 18.4 Å².